The minimum atomic E-state index is -1.13. The van der Waals surface area contributed by atoms with Gasteiger partial charge in [0.25, 0.3) is 0 Å². The van der Waals surface area contributed by atoms with Gasteiger partial charge in [-0.3, -0.25) is 9.89 Å². The van der Waals surface area contributed by atoms with E-state index in [-0.39, 0.29) is 11.8 Å². The van der Waals surface area contributed by atoms with Crippen molar-refractivity contribution in [1.29, 1.82) is 5.41 Å². The Hall–Kier alpha value is -4.02. The van der Waals surface area contributed by atoms with E-state index < -0.39 is 5.50 Å². The third-order valence-corrected chi connectivity index (χ3v) is 9.74. The Morgan fingerprint density at radius 3 is 2.40 bits per heavy atom. The Labute approximate surface area is 284 Å². The van der Waals surface area contributed by atoms with Gasteiger partial charge in [-0.15, -0.1) is 0 Å². The first-order chi connectivity index (χ1) is 22.4. The summed E-state index contributed by atoms with van der Waals surface area (Å²) in [5.74, 6) is 0.509. The predicted molar refractivity (Wildman–Crippen MR) is 198 cm³/mol. The number of aryl methyl sites for hydroxylation is 1. The van der Waals surface area contributed by atoms with Crippen LogP contribution in [0, 0.1) is 12.3 Å². The largest absolute Gasteiger partial charge is 0.484 e. The zero-order valence-electron chi connectivity index (χ0n) is 28.6. The van der Waals surface area contributed by atoms with Crippen LogP contribution in [-0.4, -0.2) is 66.5 Å². The van der Waals surface area contributed by atoms with Crippen LogP contribution < -0.4 is 20.9 Å². The van der Waals surface area contributed by atoms with Crippen molar-refractivity contribution in [3.8, 4) is 5.75 Å². The second kappa shape index (κ2) is 15.7. The molecule has 1 saturated carbocycles. The molecule has 252 valence electrons. The molecule has 0 aromatic heterocycles. The van der Waals surface area contributed by atoms with E-state index in [9.17, 15) is 4.39 Å². The number of rotatable bonds is 13. The van der Waals surface area contributed by atoms with Gasteiger partial charge in [-0.25, -0.2) is 4.39 Å². The molecule has 10 heteroatoms. The number of hydrogen-bond donors (Lipinski definition) is 4. The fourth-order valence-corrected chi connectivity index (χ4v) is 6.43. The van der Waals surface area contributed by atoms with Gasteiger partial charge >= 0.3 is 0 Å². The van der Waals surface area contributed by atoms with Crippen LogP contribution in [0.2, 0.25) is 0 Å². The summed E-state index contributed by atoms with van der Waals surface area (Å²) in [6, 6.07) is 13.6. The molecule has 4 rings (SSSR count). The third-order valence-electron chi connectivity index (χ3n) is 9.08. The van der Waals surface area contributed by atoms with Gasteiger partial charge in [-0.1, -0.05) is 48.6 Å². The summed E-state index contributed by atoms with van der Waals surface area (Å²) in [6.07, 6.45) is 8.66. The molecule has 6 N–H and O–H groups in total. The van der Waals surface area contributed by atoms with Gasteiger partial charge in [0, 0.05) is 72.6 Å². The molecule has 2 unspecified atom stereocenters. The van der Waals surface area contributed by atoms with E-state index in [0.29, 0.717) is 45.1 Å². The highest BCUT2D eigenvalue weighted by Crippen LogP contribution is 2.45. The highest BCUT2D eigenvalue weighted by Gasteiger charge is 2.46. The van der Waals surface area contributed by atoms with Crippen LogP contribution in [0.15, 0.2) is 88.7 Å². The van der Waals surface area contributed by atoms with Crippen LogP contribution in [0.1, 0.15) is 62.8 Å². The molecule has 47 heavy (non-hydrogen) atoms. The van der Waals surface area contributed by atoms with E-state index in [1.54, 1.807) is 7.05 Å². The molecule has 0 bridgehead atoms. The number of likely N-dealkylation sites (N-methyl/N-ethyl adjacent to an activating group) is 1. The zero-order chi connectivity index (χ0) is 34.3. The number of nitrogens with one attached hydrogen (secondary N) is 2. The predicted octanol–water partition coefficient (Wildman–Crippen LogP) is 7.37. The van der Waals surface area contributed by atoms with Gasteiger partial charge in [0.1, 0.15) is 11.9 Å². The molecular formula is C37H50FN7OS. The first kappa shape index (κ1) is 35.8. The summed E-state index contributed by atoms with van der Waals surface area (Å²) in [4.78, 5) is 9.43. The van der Waals surface area contributed by atoms with Crippen molar-refractivity contribution in [1.82, 2.24) is 9.80 Å². The van der Waals surface area contributed by atoms with Gasteiger partial charge in [-0.05, 0) is 83.6 Å². The molecule has 2 aromatic carbocycles. The highest BCUT2D eigenvalue weighted by molar-refractivity contribution is 8.01. The van der Waals surface area contributed by atoms with Crippen molar-refractivity contribution in [3.05, 3.63) is 100 Å². The van der Waals surface area contributed by atoms with Crippen LogP contribution in [0.4, 0.5) is 10.1 Å². The van der Waals surface area contributed by atoms with E-state index in [1.165, 1.54) is 26.0 Å². The normalized spacial score (nSPS) is 19.0. The molecule has 1 heterocycles. The number of nitrogens with zero attached hydrogens (tertiary/aromatic N) is 3. The third kappa shape index (κ3) is 8.67. The first-order valence-electron chi connectivity index (χ1n) is 16.1. The number of aliphatic imine (C=N–C) groups is 1. The fraction of sp³-hybridized carbons (Fsp3) is 0.405. The average molecular weight is 660 g/mol. The molecule has 0 radical (unpaired) electrons. The van der Waals surface area contributed by atoms with E-state index in [0.717, 1.165) is 54.7 Å². The van der Waals surface area contributed by atoms with Crippen molar-refractivity contribution in [2.24, 2.45) is 16.5 Å². The summed E-state index contributed by atoms with van der Waals surface area (Å²) in [5.41, 5.74) is 19.1. The lowest BCUT2D eigenvalue weighted by Gasteiger charge is -2.23. The maximum absolute atomic E-state index is 13.8. The van der Waals surface area contributed by atoms with Crippen molar-refractivity contribution in [2.75, 3.05) is 38.5 Å². The number of benzene rings is 2. The standard InChI is InChI=1S/C37H50FN7OS/c1-8-31(30(22-39)23-45-18-17-37(15-16-37)44(7)19-20-45)36(42-6)34(25(3)40)35(41)29-13-14-32(43-47-27(5)38)33(21-29)46-26(4)28-11-9-24(2)10-12-28/h8-14,21-23,26-27,39,43H,3,15-20,40-41H2,1-2,4-7H3/b30-23+,31-8-,35-34-,39-22?,42-36?. The van der Waals surface area contributed by atoms with Crippen LogP contribution in [0.5, 0.6) is 5.75 Å². The SMILES string of the molecule is C=C(N)/C(C(=NC)C(=C\C)/C(C=N)=C/N1CCN(C)C2(CC1)CC2)=C(/N)c1ccc(NSC(C)F)c(OC(C)c2ccc(C)cc2)c1. The summed E-state index contributed by atoms with van der Waals surface area (Å²) in [7, 11) is 3.90. The lowest BCUT2D eigenvalue weighted by Crippen LogP contribution is -2.34. The Morgan fingerprint density at radius 2 is 1.83 bits per heavy atom. The molecular weight excluding hydrogens is 610 g/mol. The van der Waals surface area contributed by atoms with Gasteiger partial charge < -0.3 is 31.2 Å². The van der Waals surface area contributed by atoms with Crippen molar-refractivity contribution >= 4 is 35.3 Å². The van der Waals surface area contributed by atoms with Crippen molar-refractivity contribution in [2.45, 2.75) is 64.1 Å². The number of anilines is 1. The van der Waals surface area contributed by atoms with Crippen LogP contribution in [0.3, 0.4) is 0 Å². The maximum Gasteiger partial charge on any atom is 0.162 e. The van der Waals surface area contributed by atoms with Gasteiger partial charge in [0.2, 0.25) is 0 Å². The highest BCUT2D eigenvalue weighted by atomic mass is 32.2. The van der Waals surface area contributed by atoms with E-state index in [4.69, 9.17) is 21.6 Å². The number of nitrogens with two attached hydrogens (primary N) is 2. The van der Waals surface area contributed by atoms with Crippen molar-refractivity contribution < 1.29 is 9.13 Å². The molecule has 2 atom stereocenters. The lowest BCUT2D eigenvalue weighted by atomic mass is 9.91. The van der Waals surface area contributed by atoms with Crippen LogP contribution in [-0.2, 0) is 0 Å². The van der Waals surface area contributed by atoms with Crippen molar-refractivity contribution in [3.63, 3.8) is 0 Å². The number of hydrogen-bond acceptors (Lipinski definition) is 9. The number of halogens is 1. The topological polar surface area (TPSA) is 116 Å². The number of alkyl halides is 1. The van der Waals surface area contributed by atoms with Crippen LogP contribution in [0.25, 0.3) is 5.70 Å². The molecule has 2 fully saturated rings. The monoisotopic (exact) mass is 659 g/mol. The Bertz CT molecular complexity index is 1570. The lowest BCUT2D eigenvalue weighted by molar-refractivity contribution is 0.228. The Morgan fingerprint density at radius 1 is 1.13 bits per heavy atom. The molecule has 2 aromatic rings. The summed E-state index contributed by atoms with van der Waals surface area (Å²) in [6.45, 7) is 14.2. The first-order valence-corrected chi connectivity index (χ1v) is 17.0. The smallest absolute Gasteiger partial charge is 0.162 e. The average Bonchev–Trinajstić information content (AvgIpc) is 3.86. The summed E-state index contributed by atoms with van der Waals surface area (Å²) >= 11 is 0.954. The van der Waals surface area contributed by atoms with E-state index in [2.05, 4.69) is 39.3 Å². The summed E-state index contributed by atoms with van der Waals surface area (Å²) < 4.78 is 23.3. The number of ether oxygens (including phenoxy) is 1. The minimum Gasteiger partial charge on any atom is -0.484 e. The fourth-order valence-electron chi connectivity index (χ4n) is 5.97. The van der Waals surface area contributed by atoms with Crippen LogP contribution >= 0.6 is 11.9 Å². The van der Waals surface area contributed by atoms with E-state index in [1.807, 2.05) is 69.3 Å². The van der Waals surface area contributed by atoms with Gasteiger partial charge in [-0.2, -0.15) is 0 Å². The summed E-state index contributed by atoms with van der Waals surface area (Å²) in [5, 5.41) is 8.37. The molecule has 8 nitrogen and oxygen atoms in total. The Balaban J connectivity index is 1.71. The van der Waals surface area contributed by atoms with E-state index >= 15 is 0 Å². The molecule has 0 amide bonds. The van der Waals surface area contributed by atoms with Gasteiger partial charge in [0.15, 0.2) is 5.50 Å². The molecule has 1 aliphatic carbocycles. The maximum atomic E-state index is 13.8. The second-order valence-corrected chi connectivity index (χ2v) is 13.5. The molecule has 1 spiro atoms. The molecule has 1 aliphatic heterocycles. The quantitative estimate of drug-likeness (QED) is 0.101. The Kier molecular flexibility index (Phi) is 12.0. The van der Waals surface area contributed by atoms with Gasteiger partial charge in [0.05, 0.1) is 17.1 Å². The minimum absolute atomic E-state index is 0.248. The number of allylic oxidation sites excluding steroid dienone is 4. The molecule has 2 aliphatic rings. The zero-order valence-corrected chi connectivity index (χ0v) is 29.4. The molecule has 1 saturated heterocycles. The second-order valence-electron chi connectivity index (χ2n) is 12.4.